The second-order valence-electron chi connectivity index (χ2n) is 5.26. The van der Waals surface area contributed by atoms with E-state index < -0.39 is 0 Å². The Bertz CT molecular complexity index is 455. The van der Waals surface area contributed by atoms with Crippen molar-refractivity contribution in [1.82, 2.24) is 9.88 Å². The quantitative estimate of drug-likeness (QED) is 0.839. The Morgan fingerprint density at radius 3 is 2.95 bits per heavy atom. The Kier molecular flexibility index (Phi) is 5.99. The largest absolute Gasteiger partial charge is 0.385 e. The molecule has 1 aromatic heterocycles. The molecule has 1 amide bonds. The van der Waals surface area contributed by atoms with Crippen LogP contribution >= 0.6 is 0 Å². The smallest absolute Gasteiger partial charge is 0.272 e. The lowest BCUT2D eigenvalue weighted by molar-refractivity contribution is 0.0767. The standard InChI is InChI=1S/C16H25N3O2/c1-3-19(4-2)16(20)15-12-13(7-9-18-15)17-10-8-14-6-5-11-21-14/h7,9,12,14H,3-6,8,10-11H2,1-2H3,(H,17,18). The lowest BCUT2D eigenvalue weighted by Crippen LogP contribution is -2.31. The molecule has 0 radical (unpaired) electrons. The maximum atomic E-state index is 12.3. The Hall–Kier alpha value is -1.62. The Balaban J connectivity index is 1.89. The number of aromatic nitrogens is 1. The number of nitrogens with one attached hydrogen (secondary N) is 1. The van der Waals surface area contributed by atoms with Gasteiger partial charge >= 0.3 is 0 Å². The molecule has 21 heavy (non-hydrogen) atoms. The zero-order valence-corrected chi connectivity index (χ0v) is 13.0. The Morgan fingerprint density at radius 1 is 1.48 bits per heavy atom. The van der Waals surface area contributed by atoms with Gasteiger partial charge in [-0.25, -0.2) is 0 Å². The second kappa shape index (κ2) is 7.98. The molecular formula is C16H25N3O2. The Morgan fingerprint density at radius 2 is 2.29 bits per heavy atom. The molecule has 1 atom stereocenters. The van der Waals surface area contributed by atoms with Gasteiger partial charge in [-0.3, -0.25) is 9.78 Å². The zero-order valence-electron chi connectivity index (χ0n) is 13.0. The molecule has 0 spiro atoms. The number of rotatable bonds is 7. The van der Waals surface area contributed by atoms with Crippen molar-refractivity contribution in [3.05, 3.63) is 24.0 Å². The van der Waals surface area contributed by atoms with Crippen LogP contribution in [0, 0.1) is 0 Å². The Labute approximate surface area is 126 Å². The van der Waals surface area contributed by atoms with Crippen LogP contribution in [0.4, 0.5) is 5.69 Å². The number of hydrogen-bond donors (Lipinski definition) is 1. The van der Waals surface area contributed by atoms with Crippen molar-refractivity contribution in [3.63, 3.8) is 0 Å². The van der Waals surface area contributed by atoms with Crippen LogP contribution in [0.5, 0.6) is 0 Å². The lowest BCUT2D eigenvalue weighted by Gasteiger charge is -2.18. The van der Waals surface area contributed by atoms with Crippen molar-refractivity contribution in [2.24, 2.45) is 0 Å². The van der Waals surface area contributed by atoms with Crippen molar-refractivity contribution < 1.29 is 9.53 Å². The molecule has 1 fully saturated rings. The van der Waals surface area contributed by atoms with Gasteiger partial charge in [0.1, 0.15) is 5.69 Å². The highest BCUT2D eigenvalue weighted by Gasteiger charge is 2.16. The first-order valence-corrected chi connectivity index (χ1v) is 7.85. The van der Waals surface area contributed by atoms with E-state index in [1.165, 1.54) is 6.42 Å². The van der Waals surface area contributed by atoms with Gasteiger partial charge < -0.3 is 15.0 Å². The van der Waals surface area contributed by atoms with E-state index in [1.54, 1.807) is 11.1 Å². The van der Waals surface area contributed by atoms with E-state index in [9.17, 15) is 4.79 Å². The number of hydrogen-bond acceptors (Lipinski definition) is 4. The minimum absolute atomic E-state index is 0.0113. The normalized spacial score (nSPS) is 17.7. The fourth-order valence-corrected chi connectivity index (χ4v) is 2.58. The van der Waals surface area contributed by atoms with Crippen molar-refractivity contribution in [1.29, 1.82) is 0 Å². The van der Waals surface area contributed by atoms with Crippen LogP contribution in [0.2, 0.25) is 0 Å². The summed E-state index contributed by atoms with van der Waals surface area (Å²) >= 11 is 0. The second-order valence-corrected chi connectivity index (χ2v) is 5.26. The van der Waals surface area contributed by atoms with Gasteiger partial charge in [-0.2, -0.15) is 0 Å². The van der Waals surface area contributed by atoms with E-state index in [1.807, 2.05) is 26.0 Å². The number of anilines is 1. The molecule has 5 nitrogen and oxygen atoms in total. The van der Waals surface area contributed by atoms with Crippen molar-refractivity contribution in [2.75, 3.05) is 31.6 Å². The highest BCUT2D eigenvalue weighted by molar-refractivity contribution is 5.93. The van der Waals surface area contributed by atoms with Crippen LogP contribution in [-0.2, 0) is 4.74 Å². The summed E-state index contributed by atoms with van der Waals surface area (Å²) in [6.07, 6.45) is 5.40. The maximum Gasteiger partial charge on any atom is 0.272 e. The molecule has 1 saturated heterocycles. The lowest BCUT2D eigenvalue weighted by atomic mass is 10.2. The summed E-state index contributed by atoms with van der Waals surface area (Å²) in [5, 5.41) is 3.35. The minimum Gasteiger partial charge on any atom is -0.385 e. The van der Waals surface area contributed by atoms with Crippen LogP contribution in [0.3, 0.4) is 0 Å². The minimum atomic E-state index is -0.0113. The summed E-state index contributed by atoms with van der Waals surface area (Å²) in [7, 11) is 0. The third kappa shape index (κ3) is 4.43. The molecule has 1 aliphatic heterocycles. The third-order valence-electron chi connectivity index (χ3n) is 3.85. The molecule has 1 aromatic rings. The van der Waals surface area contributed by atoms with Crippen molar-refractivity contribution in [3.8, 4) is 0 Å². The van der Waals surface area contributed by atoms with Crippen molar-refractivity contribution in [2.45, 2.75) is 39.2 Å². The molecule has 1 N–H and O–H groups in total. The van der Waals surface area contributed by atoms with Gasteiger partial charge in [-0.15, -0.1) is 0 Å². The summed E-state index contributed by atoms with van der Waals surface area (Å²) in [6, 6.07) is 3.73. The van der Waals surface area contributed by atoms with E-state index in [-0.39, 0.29) is 5.91 Å². The van der Waals surface area contributed by atoms with Gasteiger partial charge in [-0.1, -0.05) is 0 Å². The molecular weight excluding hydrogens is 266 g/mol. The van der Waals surface area contributed by atoms with E-state index in [2.05, 4.69) is 10.3 Å². The fourth-order valence-electron chi connectivity index (χ4n) is 2.58. The molecule has 0 bridgehead atoms. The highest BCUT2D eigenvalue weighted by atomic mass is 16.5. The first-order valence-electron chi connectivity index (χ1n) is 7.85. The molecule has 2 rings (SSSR count). The first kappa shape index (κ1) is 15.8. The predicted octanol–water partition coefficient (Wildman–Crippen LogP) is 2.54. The number of nitrogens with zero attached hydrogens (tertiary/aromatic N) is 2. The summed E-state index contributed by atoms with van der Waals surface area (Å²) in [5.74, 6) is -0.0113. The molecule has 1 aliphatic rings. The van der Waals surface area contributed by atoms with Gasteiger partial charge in [0.25, 0.3) is 5.91 Å². The molecule has 2 heterocycles. The van der Waals surface area contributed by atoms with Crippen LogP contribution < -0.4 is 5.32 Å². The molecule has 1 unspecified atom stereocenters. The van der Waals surface area contributed by atoms with E-state index in [0.717, 1.165) is 31.7 Å². The van der Waals surface area contributed by atoms with E-state index in [4.69, 9.17) is 4.74 Å². The number of ether oxygens (including phenoxy) is 1. The van der Waals surface area contributed by atoms with Gasteiger partial charge in [0, 0.05) is 38.1 Å². The number of pyridine rings is 1. The number of amides is 1. The summed E-state index contributed by atoms with van der Waals surface area (Å²) in [4.78, 5) is 18.2. The summed E-state index contributed by atoms with van der Waals surface area (Å²) < 4.78 is 5.60. The van der Waals surface area contributed by atoms with Gasteiger partial charge in [0.15, 0.2) is 0 Å². The van der Waals surface area contributed by atoms with E-state index in [0.29, 0.717) is 24.9 Å². The zero-order chi connectivity index (χ0) is 15.1. The highest BCUT2D eigenvalue weighted by Crippen LogP contribution is 2.16. The topological polar surface area (TPSA) is 54.5 Å². The van der Waals surface area contributed by atoms with Crippen LogP contribution in [0.25, 0.3) is 0 Å². The molecule has 5 heteroatoms. The molecule has 0 saturated carbocycles. The average Bonchev–Trinajstić information content (AvgIpc) is 3.02. The molecule has 116 valence electrons. The van der Waals surface area contributed by atoms with E-state index >= 15 is 0 Å². The fraction of sp³-hybridized carbons (Fsp3) is 0.625. The molecule has 0 aromatic carbocycles. The SMILES string of the molecule is CCN(CC)C(=O)c1cc(NCCC2CCCO2)ccn1. The molecule has 0 aliphatic carbocycles. The average molecular weight is 291 g/mol. The summed E-state index contributed by atoms with van der Waals surface area (Å²) in [5.41, 5.74) is 1.44. The van der Waals surface area contributed by atoms with Crippen LogP contribution in [0.15, 0.2) is 18.3 Å². The predicted molar refractivity (Wildman–Crippen MR) is 83.6 cm³/mol. The number of carbonyl (C=O) groups is 1. The maximum absolute atomic E-state index is 12.3. The summed E-state index contributed by atoms with van der Waals surface area (Å²) in [6.45, 7) is 7.10. The van der Waals surface area contributed by atoms with Crippen molar-refractivity contribution >= 4 is 11.6 Å². The monoisotopic (exact) mass is 291 g/mol. The first-order chi connectivity index (χ1) is 10.2. The van der Waals surface area contributed by atoms with Gasteiger partial charge in [-0.05, 0) is 45.2 Å². The van der Waals surface area contributed by atoms with Crippen LogP contribution in [0.1, 0.15) is 43.6 Å². The third-order valence-corrected chi connectivity index (χ3v) is 3.85. The van der Waals surface area contributed by atoms with Gasteiger partial charge in [0.2, 0.25) is 0 Å². The van der Waals surface area contributed by atoms with Gasteiger partial charge in [0.05, 0.1) is 6.10 Å². The van der Waals surface area contributed by atoms with Crippen LogP contribution in [-0.4, -0.2) is 48.1 Å². The number of carbonyl (C=O) groups excluding carboxylic acids is 1.